The van der Waals surface area contributed by atoms with Crippen molar-refractivity contribution in [1.82, 2.24) is 9.97 Å². The second-order valence-corrected chi connectivity index (χ2v) is 10.6. The summed E-state index contributed by atoms with van der Waals surface area (Å²) in [7, 11) is -5.80. The number of aromatic amines is 1. The largest absolute Gasteiger partial charge is 0.497 e. The molecule has 4 rings (SSSR count). The second kappa shape index (κ2) is 6.78. The first-order chi connectivity index (χ1) is 13.3. The summed E-state index contributed by atoms with van der Waals surface area (Å²) in [5.74, 6) is 0.338. The topological polar surface area (TPSA) is 109 Å². The van der Waals surface area contributed by atoms with Gasteiger partial charge in [-0.25, -0.2) is 21.8 Å². The van der Waals surface area contributed by atoms with Crippen LogP contribution in [0.2, 0.25) is 0 Å². The molecular weight excluding hydrogens is 402 g/mol. The Labute approximate surface area is 163 Å². The minimum atomic E-state index is -4.03. The van der Waals surface area contributed by atoms with Crippen molar-refractivity contribution in [2.45, 2.75) is 17.4 Å². The number of methoxy groups -OCH3 is 1. The predicted molar refractivity (Wildman–Crippen MR) is 106 cm³/mol. The van der Waals surface area contributed by atoms with Crippen molar-refractivity contribution in [2.75, 3.05) is 22.9 Å². The smallest absolute Gasteiger partial charge is 0.266 e. The Morgan fingerprint density at radius 1 is 1.21 bits per heavy atom. The Balaban J connectivity index is 1.86. The second-order valence-electron chi connectivity index (χ2n) is 6.61. The molecule has 0 unspecified atom stereocenters. The monoisotopic (exact) mass is 421 g/mol. The van der Waals surface area contributed by atoms with Gasteiger partial charge in [0.15, 0.2) is 9.84 Å². The molecule has 1 aliphatic heterocycles. The molecule has 0 spiro atoms. The van der Waals surface area contributed by atoms with E-state index in [1.807, 2.05) is 0 Å². The summed E-state index contributed by atoms with van der Waals surface area (Å²) in [4.78, 5) is 7.08. The molecular formula is C18H19N3O5S2. The first-order valence-corrected chi connectivity index (χ1v) is 11.9. The van der Waals surface area contributed by atoms with Crippen molar-refractivity contribution in [3.05, 3.63) is 48.8 Å². The van der Waals surface area contributed by atoms with E-state index >= 15 is 0 Å². The van der Waals surface area contributed by atoms with Crippen LogP contribution in [0.3, 0.4) is 0 Å². The van der Waals surface area contributed by atoms with E-state index in [9.17, 15) is 16.8 Å². The van der Waals surface area contributed by atoms with Crippen LogP contribution in [0.25, 0.3) is 11.0 Å². The van der Waals surface area contributed by atoms with Gasteiger partial charge in [-0.3, -0.25) is 4.31 Å². The first-order valence-electron chi connectivity index (χ1n) is 8.63. The normalized spacial score (nSPS) is 19.0. The fourth-order valence-electron chi connectivity index (χ4n) is 3.49. The van der Waals surface area contributed by atoms with Gasteiger partial charge in [0.05, 0.1) is 30.3 Å². The summed E-state index contributed by atoms with van der Waals surface area (Å²) in [5.41, 5.74) is 0.843. The van der Waals surface area contributed by atoms with Crippen molar-refractivity contribution in [3.63, 3.8) is 0 Å². The van der Waals surface area contributed by atoms with E-state index in [1.165, 1.54) is 17.6 Å². The van der Waals surface area contributed by atoms with Gasteiger partial charge < -0.3 is 9.72 Å². The molecule has 148 valence electrons. The zero-order valence-electron chi connectivity index (χ0n) is 15.1. The average molecular weight is 422 g/mol. The van der Waals surface area contributed by atoms with Crippen LogP contribution in [0.5, 0.6) is 5.75 Å². The van der Waals surface area contributed by atoms with Gasteiger partial charge in [-0.1, -0.05) is 0 Å². The lowest BCUT2D eigenvalue weighted by Crippen LogP contribution is -2.41. The number of benzene rings is 1. The van der Waals surface area contributed by atoms with Crippen molar-refractivity contribution in [2.24, 2.45) is 0 Å². The van der Waals surface area contributed by atoms with Crippen LogP contribution in [0.1, 0.15) is 6.42 Å². The summed E-state index contributed by atoms with van der Waals surface area (Å²) in [5, 5.41) is 0.460. The molecule has 10 heteroatoms. The van der Waals surface area contributed by atoms with E-state index in [-0.39, 0.29) is 22.8 Å². The lowest BCUT2D eigenvalue weighted by atomic mass is 10.2. The number of hydrogen-bond donors (Lipinski definition) is 1. The number of fused-ring (bicyclic) bond motifs is 1. The molecule has 1 saturated heterocycles. The third-order valence-electron chi connectivity index (χ3n) is 4.82. The van der Waals surface area contributed by atoms with Crippen LogP contribution >= 0.6 is 0 Å². The Kier molecular flexibility index (Phi) is 4.54. The quantitative estimate of drug-likeness (QED) is 0.674. The van der Waals surface area contributed by atoms with Crippen LogP contribution in [0.4, 0.5) is 5.69 Å². The van der Waals surface area contributed by atoms with Crippen LogP contribution in [0, 0.1) is 0 Å². The van der Waals surface area contributed by atoms with Crippen molar-refractivity contribution < 1.29 is 21.6 Å². The highest BCUT2D eigenvalue weighted by Gasteiger charge is 2.40. The zero-order chi connectivity index (χ0) is 19.9. The summed E-state index contributed by atoms with van der Waals surface area (Å²) in [6.07, 6.45) is 3.21. The van der Waals surface area contributed by atoms with Gasteiger partial charge >= 0.3 is 0 Å². The Hall–Kier alpha value is -2.59. The number of sulfonamides is 1. The van der Waals surface area contributed by atoms with E-state index in [0.717, 1.165) is 0 Å². The number of hydrogen-bond acceptors (Lipinski definition) is 6. The van der Waals surface area contributed by atoms with Crippen molar-refractivity contribution in [3.8, 4) is 5.75 Å². The van der Waals surface area contributed by atoms with Crippen LogP contribution in [-0.2, 0) is 19.9 Å². The molecule has 1 fully saturated rings. The molecule has 1 N–H and O–H groups in total. The summed E-state index contributed by atoms with van der Waals surface area (Å²) in [6.45, 7) is 0. The number of sulfone groups is 1. The van der Waals surface area contributed by atoms with Gasteiger partial charge in [-0.2, -0.15) is 0 Å². The molecule has 0 aliphatic carbocycles. The first kappa shape index (κ1) is 18.8. The number of pyridine rings is 1. The molecule has 8 nitrogen and oxygen atoms in total. The Bertz CT molecular complexity index is 1220. The van der Waals surface area contributed by atoms with E-state index in [1.54, 1.807) is 42.6 Å². The number of aromatic nitrogens is 2. The van der Waals surface area contributed by atoms with E-state index < -0.39 is 25.9 Å². The molecule has 1 atom stereocenters. The minimum Gasteiger partial charge on any atom is -0.497 e. The molecule has 1 aliphatic rings. The maximum atomic E-state index is 13.6. The standard InChI is InChI=1S/C18H19N3O5S2/c1-26-15-6-4-13(5-7-15)21(14-8-10-27(22,23)12-14)28(24,25)17-11-20-18-16(17)3-2-9-19-18/h2-7,9,11,14H,8,10,12H2,1H3,(H,19,20)/t14-/m1/s1. The molecule has 0 amide bonds. The Morgan fingerprint density at radius 2 is 1.96 bits per heavy atom. The summed E-state index contributed by atoms with van der Waals surface area (Å²) < 4.78 is 57.7. The fraction of sp³-hybridized carbons (Fsp3) is 0.278. The van der Waals surface area contributed by atoms with Crippen LogP contribution in [-0.4, -0.2) is 51.5 Å². The zero-order valence-corrected chi connectivity index (χ0v) is 16.7. The molecule has 1 aromatic carbocycles. The molecule has 0 saturated carbocycles. The summed E-state index contributed by atoms with van der Waals surface area (Å²) in [6, 6.07) is 9.19. The molecule has 28 heavy (non-hydrogen) atoms. The number of H-pyrrole nitrogens is 1. The predicted octanol–water partition coefficient (Wildman–Crippen LogP) is 1.95. The maximum absolute atomic E-state index is 13.6. The van der Waals surface area contributed by atoms with Gasteiger partial charge in [0, 0.05) is 17.8 Å². The van der Waals surface area contributed by atoms with Gasteiger partial charge in [-0.05, 0) is 42.8 Å². The minimum absolute atomic E-state index is 0.0325. The number of nitrogens with zero attached hydrogens (tertiary/aromatic N) is 2. The maximum Gasteiger partial charge on any atom is 0.266 e. The number of anilines is 1. The van der Waals surface area contributed by atoms with Crippen LogP contribution < -0.4 is 9.04 Å². The number of ether oxygens (including phenoxy) is 1. The lowest BCUT2D eigenvalue weighted by Gasteiger charge is -2.29. The van der Waals surface area contributed by atoms with Gasteiger partial charge in [0.1, 0.15) is 16.3 Å². The molecule has 0 radical (unpaired) electrons. The number of nitrogens with one attached hydrogen (secondary N) is 1. The SMILES string of the molecule is COc1ccc(N([C@@H]2CCS(=O)(=O)C2)S(=O)(=O)c2c[nH]c3ncccc23)cc1. The van der Waals surface area contributed by atoms with Gasteiger partial charge in [-0.15, -0.1) is 0 Å². The molecule has 3 heterocycles. The summed E-state index contributed by atoms with van der Waals surface area (Å²) >= 11 is 0. The third kappa shape index (κ3) is 3.22. The molecule has 0 bridgehead atoms. The third-order valence-corrected chi connectivity index (χ3v) is 8.49. The van der Waals surface area contributed by atoms with Gasteiger partial charge in [0.25, 0.3) is 10.0 Å². The highest BCUT2D eigenvalue weighted by atomic mass is 32.2. The van der Waals surface area contributed by atoms with E-state index in [0.29, 0.717) is 22.5 Å². The average Bonchev–Trinajstić information content (AvgIpc) is 3.26. The lowest BCUT2D eigenvalue weighted by molar-refractivity contribution is 0.415. The highest BCUT2D eigenvalue weighted by molar-refractivity contribution is 7.93. The number of rotatable bonds is 5. The Morgan fingerprint density at radius 3 is 2.61 bits per heavy atom. The molecule has 3 aromatic rings. The van der Waals surface area contributed by atoms with E-state index in [2.05, 4.69) is 9.97 Å². The molecule has 2 aromatic heterocycles. The van der Waals surface area contributed by atoms with Crippen LogP contribution in [0.15, 0.2) is 53.7 Å². The van der Waals surface area contributed by atoms with Crippen molar-refractivity contribution >= 4 is 36.6 Å². The van der Waals surface area contributed by atoms with Gasteiger partial charge in [0.2, 0.25) is 0 Å². The highest BCUT2D eigenvalue weighted by Crippen LogP contribution is 2.34. The van der Waals surface area contributed by atoms with E-state index in [4.69, 9.17) is 4.74 Å². The van der Waals surface area contributed by atoms with Crippen molar-refractivity contribution in [1.29, 1.82) is 0 Å². The fourth-order valence-corrected chi connectivity index (χ4v) is 7.11.